The van der Waals surface area contributed by atoms with Crippen LogP contribution in [-0.2, 0) is 11.4 Å². The Morgan fingerprint density at radius 1 is 1.19 bits per heavy atom. The molecule has 0 aliphatic rings. The number of aliphatic hydroxyl groups is 1. The monoisotopic (exact) mass is 284 g/mol. The number of hydrogen-bond donors (Lipinski definition) is 2. The number of carboxylic acid groups (broad SMARTS) is 1. The molecule has 2 N–H and O–H groups in total. The van der Waals surface area contributed by atoms with Crippen molar-refractivity contribution in [2.24, 2.45) is 0 Å². The number of aliphatic hydroxyl groups excluding tert-OH is 1. The van der Waals surface area contributed by atoms with Crippen LogP contribution in [0.2, 0.25) is 0 Å². The lowest BCUT2D eigenvalue weighted by Gasteiger charge is -2.10. The highest BCUT2D eigenvalue weighted by Gasteiger charge is 2.04. The maximum atomic E-state index is 10.6. The van der Waals surface area contributed by atoms with E-state index < -0.39 is 5.97 Å². The Labute approximate surface area is 122 Å². The third-order valence-corrected chi connectivity index (χ3v) is 2.90. The molecule has 0 bridgehead atoms. The normalized spacial score (nSPS) is 10.8. The molecule has 0 saturated carbocycles. The fourth-order valence-electron chi connectivity index (χ4n) is 1.84. The van der Waals surface area contributed by atoms with Crippen molar-refractivity contribution in [2.45, 2.75) is 13.5 Å². The lowest BCUT2D eigenvalue weighted by atomic mass is 10.1. The summed E-state index contributed by atoms with van der Waals surface area (Å²) < 4.78 is 5.77. The summed E-state index contributed by atoms with van der Waals surface area (Å²) in [5, 5.41) is 17.7. The Balaban J connectivity index is 2.27. The number of carbonyl (C=O) groups is 1. The minimum Gasteiger partial charge on any atom is -0.478 e. The van der Waals surface area contributed by atoms with Gasteiger partial charge >= 0.3 is 5.97 Å². The molecule has 2 aromatic rings. The molecule has 0 spiro atoms. The fourth-order valence-corrected chi connectivity index (χ4v) is 1.84. The number of aryl methyl sites for hydroxylation is 1. The number of aliphatic carboxylic acids is 1. The van der Waals surface area contributed by atoms with E-state index in [0.29, 0.717) is 17.1 Å². The highest BCUT2D eigenvalue weighted by molar-refractivity contribution is 5.86. The van der Waals surface area contributed by atoms with Gasteiger partial charge < -0.3 is 14.9 Å². The zero-order valence-electron chi connectivity index (χ0n) is 11.6. The van der Waals surface area contributed by atoms with Crippen LogP contribution < -0.4 is 4.74 Å². The van der Waals surface area contributed by atoms with Crippen LogP contribution in [-0.4, -0.2) is 16.2 Å². The maximum absolute atomic E-state index is 10.6. The van der Waals surface area contributed by atoms with Crippen LogP contribution in [0.3, 0.4) is 0 Å². The van der Waals surface area contributed by atoms with Crippen LogP contribution >= 0.6 is 0 Å². The fraction of sp³-hybridized carbons (Fsp3) is 0.118. The summed E-state index contributed by atoms with van der Waals surface area (Å²) in [5.74, 6) is 0.200. The van der Waals surface area contributed by atoms with Gasteiger partial charge in [-0.3, -0.25) is 0 Å². The molecular weight excluding hydrogens is 268 g/mol. The first-order valence-electron chi connectivity index (χ1n) is 6.48. The topological polar surface area (TPSA) is 66.8 Å². The van der Waals surface area contributed by atoms with Crippen LogP contribution in [0.5, 0.6) is 11.5 Å². The summed E-state index contributed by atoms with van der Waals surface area (Å²) in [6.07, 6.45) is 2.59. The molecular formula is C17H16O4. The predicted molar refractivity (Wildman–Crippen MR) is 80.3 cm³/mol. The Morgan fingerprint density at radius 2 is 1.90 bits per heavy atom. The van der Waals surface area contributed by atoms with E-state index in [-0.39, 0.29) is 6.61 Å². The van der Waals surface area contributed by atoms with Crippen molar-refractivity contribution < 1.29 is 19.7 Å². The second-order valence-electron chi connectivity index (χ2n) is 4.62. The average molecular weight is 284 g/mol. The van der Waals surface area contributed by atoms with Gasteiger partial charge in [-0.05, 0) is 42.8 Å². The molecule has 0 heterocycles. The quantitative estimate of drug-likeness (QED) is 0.826. The molecule has 0 aliphatic heterocycles. The van der Waals surface area contributed by atoms with Gasteiger partial charge in [0.15, 0.2) is 0 Å². The van der Waals surface area contributed by atoms with Crippen LogP contribution in [0.25, 0.3) is 6.08 Å². The molecule has 0 amide bonds. The summed E-state index contributed by atoms with van der Waals surface area (Å²) in [6, 6.07) is 12.6. The van der Waals surface area contributed by atoms with Gasteiger partial charge in [-0.1, -0.05) is 23.8 Å². The van der Waals surface area contributed by atoms with Gasteiger partial charge in [0.25, 0.3) is 0 Å². The zero-order valence-corrected chi connectivity index (χ0v) is 11.6. The Bertz CT molecular complexity index is 657. The number of hydrogen-bond acceptors (Lipinski definition) is 3. The Kier molecular flexibility index (Phi) is 4.74. The third kappa shape index (κ3) is 4.19. The molecule has 0 radical (unpaired) electrons. The molecule has 0 fully saturated rings. The van der Waals surface area contributed by atoms with Crippen molar-refractivity contribution in [3.63, 3.8) is 0 Å². The number of ether oxygens (including phenoxy) is 1. The van der Waals surface area contributed by atoms with Crippen LogP contribution in [0.1, 0.15) is 16.7 Å². The number of rotatable bonds is 5. The van der Waals surface area contributed by atoms with E-state index in [1.165, 1.54) is 6.08 Å². The first-order chi connectivity index (χ1) is 10.1. The lowest BCUT2D eigenvalue weighted by Crippen LogP contribution is -1.91. The Morgan fingerprint density at radius 3 is 2.52 bits per heavy atom. The minimum absolute atomic E-state index is 0.0165. The first kappa shape index (κ1) is 14.8. The summed E-state index contributed by atoms with van der Waals surface area (Å²) in [6.45, 7) is 1.91. The highest BCUT2D eigenvalue weighted by atomic mass is 16.5. The number of carboxylic acids is 1. The summed E-state index contributed by atoms with van der Waals surface area (Å²) >= 11 is 0. The largest absolute Gasteiger partial charge is 0.478 e. The zero-order chi connectivity index (χ0) is 15.2. The average Bonchev–Trinajstić information content (AvgIpc) is 2.48. The second kappa shape index (κ2) is 6.72. The van der Waals surface area contributed by atoms with Crippen molar-refractivity contribution in [2.75, 3.05) is 0 Å². The molecule has 2 rings (SSSR count). The van der Waals surface area contributed by atoms with E-state index in [9.17, 15) is 4.79 Å². The summed E-state index contributed by atoms with van der Waals surface area (Å²) in [5.41, 5.74) is 2.52. The molecule has 2 aromatic carbocycles. The molecule has 0 saturated heterocycles. The maximum Gasteiger partial charge on any atom is 0.328 e. The van der Waals surface area contributed by atoms with Gasteiger partial charge in [0.2, 0.25) is 0 Å². The van der Waals surface area contributed by atoms with E-state index in [2.05, 4.69) is 0 Å². The van der Waals surface area contributed by atoms with E-state index in [4.69, 9.17) is 14.9 Å². The molecule has 4 nitrogen and oxygen atoms in total. The van der Waals surface area contributed by atoms with Crippen LogP contribution in [0.15, 0.2) is 48.5 Å². The van der Waals surface area contributed by atoms with Crippen molar-refractivity contribution in [3.8, 4) is 11.5 Å². The first-order valence-corrected chi connectivity index (χ1v) is 6.48. The molecule has 4 heteroatoms. The van der Waals surface area contributed by atoms with Crippen molar-refractivity contribution >= 4 is 12.0 Å². The van der Waals surface area contributed by atoms with Gasteiger partial charge in [0.05, 0.1) is 6.61 Å². The van der Waals surface area contributed by atoms with E-state index >= 15 is 0 Å². The van der Waals surface area contributed by atoms with E-state index in [1.807, 2.05) is 19.1 Å². The number of benzene rings is 2. The van der Waals surface area contributed by atoms with Crippen molar-refractivity contribution in [3.05, 3.63) is 65.2 Å². The molecule has 0 unspecified atom stereocenters. The van der Waals surface area contributed by atoms with Crippen LogP contribution in [0.4, 0.5) is 0 Å². The summed E-state index contributed by atoms with van der Waals surface area (Å²) in [4.78, 5) is 10.6. The van der Waals surface area contributed by atoms with Crippen molar-refractivity contribution in [1.29, 1.82) is 0 Å². The van der Waals surface area contributed by atoms with E-state index in [1.54, 1.807) is 30.3 Å². The third-order valence-electron chi connectivity index (χ3n) is 2.90. The molecule has 108 valence electrons. The van der Waals surface area contributed by atoms with Gasteiger partial charge in [-0.25, -0.2) is 4.79 Å². The minimum atomic E-state index is -1.00. The lowest BCUT2D eigenvalue weighted by molar-refractivity contribution is -0.131. The molecule has 21 heavy (non-hydrogen) atoms. The van der Waals surface area contributed by atoms with Gasteiger partial charge in [0, 0.05) is 11.6 Å². The SMILES string of the molecule is Cc1ccc(Oc2ccc(CO)cc2)c(/C=C/C(=O)O)c1. The molecule has 0 atom stereocenters. The Hall–Kier alpha value is -2.59. The second-order valence-corrected chi connectivity index (χ2v) is 4.62. The van der Waals surface area contributed by atoms with Gasteiger partial charge in [0.1, 0.15) is 11.5 Å². The van der Waals surface area contributed by atoms with E-state index in [0.717, 1.165) is 17.2 Å². The van der Waals surface area contributed by atoms with Crippen LogP contribution in [0, 0.1) is 6.92 Å². The standard InChI is InChI=1S/C17H16O4/c1-12-2-8-16(14(10-12)5-9-17(19)20)21-15-6-3-13(11-18)4-7-15/h2-10,18H,11H2,1H3,(H,19,20)/b9-5+. The van der Waals surface area contributed by atoms with Gasteiger partial charge in [-0.15, -0.1) is 0 Å². The smallest absolute Gasteiger partial charge is 0.328 e. The van der Waals surface area contributed by atoms with Gasteiger partial charge in [-0.2, -0.15) is 0 Å². The summed E-state index contributed by atoms with van der Waals surface area (Å²) in [7, 11) is 0. The van der Waals surface area contributed by atoms with Crippen molar-refractivity contribution in [1.82, 2.24) is 0 Å². The highest BCUT2D eigenvalue weighted by Crippen LogP contribution is 2.27. The molecule has 0 aliphatic carbocycles. The predicted octanol–water partition coefficient (Wildman–Crippen LogP) is 3.38. The molecule has 0 aromatic heterocycles.